The van der Waals surface area contributed by atoms with Crippen molar-refractivity contribution in [2.45, 2.75) is 19.3 Å². The lowest BCUT2D eigenvalue weighted by Crippen LogP contribution is -1.73. The van der Waals surface area contributed by atoms with Crippen LogP contribution < -0.4 is 0 Å². The Labute approximate surface area is 52.4 Å². The molecule has 0 aromatic rings. The number of carbonyl (C=O) groups is 1. The fourth-order valence-corrected chi connectivity index (χ4v) is 0.412. The zero-order valence-electron chi connectivity index (χ0n) is 4.94. The second kappa shape index (κ2) is 5.41. The second-order valence-corrected chi connectivity index (χ2v) is 1.59. The number of carbonyl (C=O) groups excluding carboxylic acids is 1. The maximum atomic E-state index is 11.2. The highest BCUT2D eigenvalue weighted by molar-refractivity contribution is 5.48. The SMILES string of the molecule is O=CCCCC=C(F)F. The molecule has 0 amide bonds. The lowest BCUT2D eigenvalue weighted by molar-refractivity contribution is -0.107. The Bertz CT molecular complexity index is 106. The van der Waals surface area contributed by atoms with Gasteiger partial charge < -0.3 is 4.79 Å². The van der Waals surface area contributed by atoms with Gasteiger partial charge in [0.05, 0.1) is 0 Å². The predicted octanol–water partition coefficient (Wildman–Crippen LogP) is 2.14. The van der Waals surface area contributed by atoms with Gasteiger partial charge in [0.25, 0.3) is 6.08 Å². The van der Waals surface area contributed by atoms with Gasteiger partial charge in [-0.25, -0.2) is 0 Å². The molecule has 3 heteroatoms. The summed E-state index contributed by atoms with van der Waals surface area (Å²) < 4.78 is 22.5. The molecule has 0 heterocycles. The third-order valence-corrected chi connectivity index (χ3v) is 0.825. The number of halogens is 2. The Balaban J connectivity index is 3.09. The summed E-state index contributed by atoms with van der Waals surface area (Å²) in [6.07, 6.45) is 1.06. The monoisotopic (exact) mass is 134 g/mol. The number of hydrogen-bond acceptors (Lipinski definition) is 1. The van der Waals surface area contributed by atoms with E-state index in [0.717, 1.165) is 12.4 Å². The smallest absolute Gasteiger partial charge is 0.266 e. The molecule has 0 bridgehead atoms. The minimum Gasteiger partial charge on any atom is -0.303 e. The molecule has 1 nitrogen and oxygen atoms in total. The topological polar surface area (TPSA) is 17.1 Å². The normalized spacial score (nSPS) is 8.67. The van der Waals surface area contributed by atoms with Crippen LogP contribution in [0.1, 0.15) is 19.3 Å². The summed E-state index contributed by atoms with van der Waals surface area (Å²) in [5.41, 5.74) is 0. The van der Waals surface area contributed by atoms with E-state index in [2.05, 4.69) is 0 Å². The van der Waals surface area contributed by atoms with Crippen molar-refractivity contribution in [2.24, 2.45) is 0 Å². The van der Waals surface area contributed by atoms with Gasteiger partial charge in [0.1, 0.15) is 6.29 Å². The molecule has 0 saturated carbocycles. The van der Waals surface area contributed by atoms with Gasteiger partial charge in [-0.2, -0.15) is 8.78 Å². The largest absolute Gasteiger partial charge is 0.303 e. The third kappa shape index (κ3) is 7.27. The molecule has 0 unspecified atom stereocenters. The maximum absolute atomic E-state index is 11.2. The number of unbranched alkanes of at least 4 members (excludes halogenated alkanes) is 2. The first-order valence-electron chi connectivity index (χ1n) is 2.72. The lowest BCUT2D eigenvalue weighted by atomic mass is 10.2. The Morgan fingerprint density at radius 1 is 1.33 bits per heavy atom. The van der Waals surface area contributed by atoms with Crippen molar-refractivity contribution in [2.75, 3.05) is 0 Å². The summed E-state index contributed by atoms with van der Waals surface area (Å²) in [4.78, 5) is 9.64. The highest BCUT2D eigenvalue weighted by Gasteiger charge is 1.86. The molecule has 0 aromatic heterocycles. The first-order chi connectivity index (χ1) is 4.27. The molecular weight excluding hydrogens is 126 g/mol. The maximum Gasteiger partial charge on any atom is 0.266 e. The van der Waals surface area contributed by atoms with Gasteiger partial charge in [-0.3, -0.25) is 0 Å². The molecular formula is C6H8F2O. The summed E-state index contributed by atoms with van der Waals surface area (Å²) in [5, 5.41) is 0. The molecule has 0 aliphatic heterocycles. The van der Waals surface area contributed by atoms with Crippen LogP contribution in [0.4, 0.5) is 8.78 Å². The van der Waals surface area contributed by atoms with E-state index in [9.17, 15) is 13.6 Å². The number of aldehydes is 1. The zero-order chi connectivity index (χ0) is 7.11. The highest BCUT2D eigenvalue weighted by Crippen LogP contribution is 2.01. The molecule has 52 valence electrons. The fourth-order valence-electron chi connectivity index (χ4n) is 0.412. The Kier molecular flexibility index (Phi) is 4.97. The summed E-state index contributed by atoms with van der Waals surface area (Å²) in [6.45, 7) is 0. The quantitative estimate of drug-likeness (QED) is 0.425. The Morgan fingerprint density at radius 3 is 2.44 bits per heavy atom. The van der Waals surface area contributed by atoms with Crippen molar-refractivity contribution in [1.82, 2.24) is 0 Å². The summed E-state index contributed by atoms with van der Waals surface area (Å²) in [7, 11) is 0. The molecule has 0 saturated heterocycles. The predicted molar refractivity (Wildman–Crippen MR) is 30.2 cm³/mol. The molecule has 0 radical (unpaired) electrons. The number of rotatable bonds is 4. The molecule has 0 aliphatic carbocycles. The van der Waals surface area contributed by atoms with E-state index in [-0.39, 0.29) is 0 Å². The second-order valence-electron chi connectivity index (χ2n) is 1.59. The van der Waals surface area contributed by atoms with Gasteiger partial charge in [0.15, 0.2) is 0 Å². The van der Waals surface area contributed by atoms with E-state index in [0.29, 0.717) is 19.3 Å². The molecule has 9 heavy (non-hydrogen) atoms. The van der Waals surface area contributed by atoms with Crippen LogP contribution in [0.3, 0.4) is 0 Å². The minimum atomic E-state index is -1.67. The van der Waals surface area contributed by atoms with Gasteiger partial charge in [-0.1, -0.05) is 0 Å². The summed E-state index contributed by atoms with van der Waals surface area (Å²) >= 11 is 0. The van der Waals surface area contributed by atoms with Crippen LogP contribution in [0.5, 0.6) is 0 Å². The highest BCUT2D eigenvalue weighted by atomic mass is 19.3. The number of allylic oxidation sites excluding steroid dienone is 1. The van der Waals surface area contributed by atoms with Gasteiger partial charge >= 0.3 is 0 Å². The van der Waals surface area contributed by atoms with E-state index < -0.39 is 6.08 Å². The van der Waals surface area contributed by atoms with Gasteiger partial charge in [-0.05, 0) is 18.9 Å². The van der Waals surface area contributed by atoms with E-state index in [1.54, 1.807) is 0 Å². The van der Waals surface area contributed by atoms with Crippen molar-refractivity contribution in [1.29, 1.82) is 0 Å². The van der Waals surface area contributed by atoms with Gasteiger partial charge in [0, 0.05) is 6.42 Å². The van der Waals surface area contributed by atoms with E-state index in [1.165, 1.54) is 0 Å². The van der Waals surface area contributed by atoms with Crippen molar-refractivity contribution >= 4 is 6.29 Å². The first-order valence-corrected chi connectivity index (χ1v) is 2.72. The van der Waals surface area contributed by atoms with Crippen LogP contribution in [-0.2, 0) is 4.79 Å². The molecule has 0 atom stereocenters. The minimum absolute atomic E-state index is 0.293. The summed E-state index contributed by atoms with van der Waals surface area (Å²) in [5.74, 6) is 0. The van der Waals surface area contributed by atoms with Gasteiger partial charge in [-0.15, -0.1) is 0 Å². The molecule has 0 rings (SSSR count). The standard InChI is InChI=1S/C6H8F2O/c7-6(8)4-2-1-3-5-9/h4-5H,1-3H2. The number of hydrogen-bond donors (Lipinski definition) is 0. The fraction of sp³-hybridized carbons (Fsp3) is 0.500. The zero-order valence-corrected chi connectivity index (χ0v) is 4.94. The van der Waals surface area contributed by atoms with Crippen LogP contribution in [0.2, 0.25) is 0 Å². The summed E-state index contributed by atoms with van der Waals surface area (Å²) in [6, 6.07) is 0. The lowest BCUT2D eigenvalue weighted by Gasteiger charge is -1.84. The van der Waals surface area contributed by atoms with Crippen LogP contribution in [0, 0.1) is 0 Å². The third-order valence-electron chi connectivity index (χ3n) is 0.825. The molecule has 0 spiro atoms. The Morgan fingerprint density at radius 2 is 2.00 bits per heavy atom. The van der Waals surface area contributed by atoms with Gasteiger partial charge in [0.2, 0.25) is 0 Å². The van der Waals surface area contributed by atoms with Crippen molar-refractivity contribution < 1.29 is 13.6 Å². The molecule has 0 fully saturated rings. The van der Waals surface area contributed by atoms with Crippen molar-refractivity contribution in [3.8, 4) is 0 Å². The van der Waals surface area contributed by atoms with E-state index in [1.807, 2.05) is 0 Å². The molecule has 0 aromatic carbocycles. The van der Waals surface area contributed by atoms with Crippen molar-refractivity contribution in [3.63, 3.8) is 0 Å². The average Bonchev–Trinajstić information content (AvgIpc) is 1.80. The van der Waals surface area contributed by atoms with Crippen LogP contribution in [-0.4, -0.2) is 6.29 Å². The first kappa shape index (κ1) is 8.27. The molecule has 0 N–H and O–H groups in total. The van der Waals surface area contributed by atoms with Crippen molar-refractivity contribution in [3.05, 3.63) is 12.2 Å². The average molecular weight is 134 g/mol. The molecule has 0 aliphatic rings. The van der Waals surface area contributed by atoms with E-state index >= 15 is 0 Å². The van der Waals surface area contributed by atoms with Crippen LogP contribution in [0.25, 0.3) is 0 Å². The van der Waals surface area contributed by atoms with Crippen LogP contribution >= 0.6 is 0 Å². The van der Waals surface area contributed by atoms with Crippen LogP contribution in [0.15, 0.2) is 12.2 Å². The Hall–Kier alpha value is -0.730. The van der Waals surface area contributed by atoms with E-state index in [4.69, 9.17) is 0 Å².